The molecule has 4 heteroatoms. The Labute approximate surface area is 111 Å². The molecular formula is C14H29NO3. The Balaban J connectivity index is 2.05. The highest BCUT2D eigenvalue weighted by atomic mass is 16.5. The van der Waals surface area contributed by atoms with Gasteiger partial charge in [-0.25, -0.2) is 0 Å². The van der Waals surface area contributed by atoms with Gasteiger partial charge in [0, 0.05) is 13.7 Å². The van der Waals surface area contributed by atoms with Gasteiger partial charge in [-0.3, -0.25) is 0 Å². The van der Waals surface area contributed by atoms with Crippen molar-refractivity contribution in [3.63, 3.8) is 0 Å². The highest BCUT2D eigenvalue weighted by Gasteiger charge is 2.20. The van der Waals surface area contributed by atoms with Gasteiger partial charge < -0.3 is 19.5 Å². The molecule has 0 bridgehead atoms. The first-order valence-electron chi connectivity index (χ1n) is 7.23. The lowest BCUT2D eigenvalue weighted by molar-refractivity contribution is -0.00477. The second kappa shape index (κ2) is 9.73. The summed E-state index contributed by atoms with van der Waals surface area (Å²) >= 11 is 0. The molecule has 1 atom stereocenters. The van der Waals surface area contributed by atoms with Crippen molar-refractivity contribution in [3.05, 3.63) is 0 Å². The molecule has 1 aliphatic rings. The van der Waals surface area contributed by atoms with E-state index in [1.54, 1.807) is 7.11 Å². The van der Waals surface area contributed by atoms with Crippen LogP contribution >= 0.6 is 0 Å². The van der Waals surface area contributed by atoms with Crippen LogP contribution in [0.4, 0.5) is 0 Å². The zero-order valence-corrected chi connectivity index (χ0v) is 11.9. The highest BCUT2D eigenvalue weighted by Crippen LogP contribution is 2.21. The van der Waals surface area contributed by atoms with Crippen molar-refractivity contribution in [1.29, 1.82) is 0 Å². The van der Waals surface area contributed by atoms with E-state index in [1.807, 2.05) is 0 Å². The van der Waals surface area contributed by atoms with Crippen LogP contribution in [0, 0.1) is 5.92 Å². The zero-order chi connectivity index (χ0) is 13.2. The molecule has 1 fully saturated rings. The molecule has 0 radical (unpaired) electrons. The van der Waals surface area contributed by atoms with Crippen LogP contribution in [0.1, 0.15) is 32.6 Å². The summed E-state index contributed by atoms with van der Waals surface area (Å²) in [6.07, 6.45) is 4.84. The Bertz CT molecular complexity index is 193. The Morgan fingerprint density at radius 3 is 2.61 bits per heavy atom. The number of nitrogens with zero attached hydrogens (tertiary/aromatic N) is 1. The van der Waals surface area contributed by atoms with Gasteiger partial charge in [0.25, 0.3) is 0 Å². The second-order valence-electron chi connectivity index (χ2n) is 5.25. The molecular weight excluding hydrogens is 230 g/mol. The molecule has 0 aromatic rings. The summed E-state index contributed by atoms with van der Waals surface area (Å²) in [5.74, 6) is 0.904. The van der Waals surface area contributed by atoms with E-state index in [0.29, 0.717) is 19.8 Å². The van der Waals surface area contributed by atoms with E-state index in [1.165, 1.54) is 25.7 Å². The molecule has 4 nitrogen and oxygen atoms in total. The number of piperidine rings is 1. The van der Waals surface area contributed by atoms with Crippen molar-refractivity contribution in [3.8, 4) is 0 Å². The topological polar surface area (TPSA) is 41.9 Å². The zero-order valence-electron chi connectivity index (χ0n) is 11.9. The van der Waals surface area contributed by atoms with Gasteiger partial charge in [-0.1, -0.05) is 19.8 Å². The Morgan fingerprint density at radius 1 is 1.28 bits per heavy atom. The summed E-state index contributed by atoms with van der Waals surface area (Å²) in [5.41, 5.74) is 0. The first kappa shape index (κ1) is 15.9. The average Bonchev–Trinajstić information content (AvgIpc) is 2.37. The first-order valence-corrected chi connectivity index (χ1v) is 7.23. The van der Waals surface area contributed by atoms with Gasteiger partial charge >= 0.3 is 0 Å². The van der Waals surface area contributed by atoms with Gasteiger partial charge in [0.2, 0.25) is 0 Å². The van der Waals surface area contributed by atoms with Crippen LogP contribution in [0.15, 0.2) is 0 Å². The number of ether oxygens (including phenoxy) is 2. The fourth-order valence-electron chi connectivity index (χ4n) is 2.58. The Hall–Kier alpha value is -0.160. The standard InChI is InChI=1S/C14H29NO3/c1-3-4-13-5-7-15(8-6-13)11-14(16)12-18-10-9-17-2/h13-14,16H,3-12H2,1-2H3. The average molecular weight is 259 g/mol. The van der Waals surface area contributed by atoms with E-state index in [2.05, 4.69) is 11.8 Å². The highest BCUT2D eigenvalue weighted by molar-refractivity contribution is 4.74. The van der Waals surface area contributed by atoms with E-state index >= 15 is 0 Å². The molecule has 1 N–H and O–H groups in total. The molecule has 0 spiro atoms. The van der Waals surface area contributed by atoms with E-state index in [4.69, 9.17) is 9.47 Å². The van der Waals surface area contributed by atoms with Gasteiger partial charge in [-0.15, -0.1) is 0 Å². The largest absolute Gasteiger partial charge is 0.389 e. The summed E-state index contributed by atoms with van der Waals surface area (Å²) in [6, 6.07) is 0. The van der Waals surface area contributed by atoms with Crippen LogP contribution in [-0.2, 0) is 9.47 Å². The monoisotopic (exact) mass is 259 g/mol. The third-order valence-corrected chi connectivity index (χ3v) is 3.62. The lowest BCUT2D eigenvalue weighted by Gasteiger charge is -2.33. The first-order chi connectivity index (χ1) is 8.76. The van der Waals surface area contributed by atoms with Gasteiger partial charge in [0.15, 0.2) is 0 Å². The van der Waals surface area contributed by atoms with Gasteiger partial charge in [-0.05, 0) is 31.8 Å². The number of rotatable bonds is 9. The molecule has 0 aromatic heterocycles. The number of β-amino-alcohol motifs (C(OH)–C–C–N with tert-alkyl or cyclic N) is 1. The molecule has 1 aliphatic heterocycles. The summed E-state index contributed by atoms with van der Waals surface area (Å²) in [7, 11) is 1.65. The summed E-state index contributed by atoms with van der Waals surface area (Å²) in [6.45, 7) is 6.82. The second-order valence-corrected chi connectivity index (χ2v) is 5.25. The van der Waals surface area contributed by atoms with Crippen LogP contribution in [0.2, 0.25) is 0 Å². The minimum absolute atomic E-state index is 0.371. The number of aliphatic hydroxyl groups is 1. The molecule has 0 aromatic carbocycles. The smallest absolute Gasteiger partial charge is 0.0900 e. The van der Waals surface area contributed by atoms with E-state index in [-0.39, 0.29) is 6.10 Å². The molecule has 108 valence electrons. The van der Waals surface area contributed by atoms with Crippen molar-refractivity contribution < 1.29 is 14.6 Å². The predicted octanol–water partition coefficient (Wildman–Crippen LogP) is 1.52. The molecule has 1 rings (SSSR count). The summed E-state index contributed by atoms with van der Waals surface area (Å²) in [5, 5.41) is 9.86. The SMILES string of the molecule is CCCC1CCN(CC(O)COCCOC)CC1. The van der Waals surface area contributed by atoms with E-state index in [0.717, 1.165) is 25.6 Å². The minimum Gasteiger partial charge on any atom is -0.389 e. The maximum atomic E-state index is 9.86. The molecule has 1 heterocycles. The number of methoxy groups -OCH3 is 1. The number of hydrogen-bond donors (Lipinski definition) is 1. The summed E-state index contributed by atoms with van der Waals surface area (Å²) in [4.78, 5) is 2.36. The third-order valence-electron chi connectivity index (χ3n) is 3.62. The van der Waals surface area contributed by atoms with Crippen molar-refractivity contribution >= 4 is 0 Å². The number of hydrogen-bond acceptors (Lipinski definition) is 4. The maximum absolute atomic E-state index is 9.86. The van der Waals surface area contributed by atoms with Crippen LogP contribution in [0.3, 0.4) is 0 Å². The minimum atomic E-state index is -0.371. The fraction of sp³-hybridized carbons (Fsp3) is 1.00. The van der Waals surface area contributed by atoms with Crippen LogP contribution in [0.5, 0.6) is 0 Å². The van der Waals surface area contributed by atoms with Crippen LogP contribution < -0.4 is 0 Å². The van der Waals surface area contributed by atoms with Crippen molar-refractivity contribution in [2.24, 2.45) is 5.92 Å². The van der Waals surface area contributed by atoms with Crippen molar-refractivity contribution in [1.82, 2.24) is 4.90 Å². The third kappa shape index (κ3) is 6.69. The van der Waals surface area contributed by atoms with Crippen molar-refractivity contribution in [2.75, 3.05) is 46.6 Å². The van der Waals surface area contributed by atoms with E-state index in [9.17, 15) is 5.11 Å². The number of aliphatic hydroxyl groups excluding tert-OH is 1. The predicted molar refractivity (Wildman–Crippen MR) is 72.8 cm³/mol. The van der Waals surface area contributed by atoms with Crippen LogP contribution in [-0.4, -0.2) is 62.7 Å². The number of likely N-dealkylation sites (tertiary alicyclic amines) is 1. The lowest BCUT2D eigenvalue weighted by atomic mass is 9.92. The summed E-state index contributed by atoms with van der Waals surface area (Å²) < 4.78 is 10.2. The molecule has 1 saturated heterocycles. The Morgan fingerprint density at radius 2 is 2.00 bits per heavy atom. The lowest BCUT2D eigenvalue weighted by Crippen LogP contribution is -2.40. The molecule has 0 amide bonds. The van der Waals surface area contributed by atoms with Gasteiger partial charge in [0.05, 0.1) is 25.9 Å². The normalized spacial score (nSPS) is 20.2. The van der Waals surface area contributed by atoms with E-state index < -0.39 is 0 Å². The van der Waals surface area contributed by atoms with Gasteiger partial charge in [0.1, 0.15) is 0 Å². The Kier molecular flexibility index (Phi) is 8.59. The fourth-order valence-corrected chi connectivity index (χ4v) is 2.58. The molecule has 0 aliphatic carbocycles. The van der Waals surface area contributed by atoms with Crippen LogP contribution in [0.25, 0.3) is 0 Å². The molecule has 1 unspecified atom stereocenters. The van der Waals surface area contributed by atoms with Gasteiger partial charge in [-0.2, -0.15) is 0 Å². The molecule has 18 heavy (non-hydrogen) atoms. The van der Waals surface area contributed by atoms with Crippen molar-refractivity contribution in [2.45, 2.75) is 38.7 Å². The quantitative estimate of drug-likeness (QED) is 0.638. The maximum Gasteiger partial charge on any atom is 0.0900 e. The molecule has 0 saturated carbocycles.